The van der Waals surface area contributed by atoms with Crippen LogP contribution in [0.4, 0.5) is 5.69 Å². The maximum atomic E-state index is 12.2. The first-order valence-corrected chi connectivity index (χ1v) is 8.68. The molecule has 0 saturated heterocycles. The third-order valence-corrected chi connectivity index (χ3v) is 3.58. The van der Waals surface area contributed by atoms with E-state index in [-0.39, 0.29) is 11.8 Å². The van der Waals surface area contributed by atoms with Crippen LogP contribution in [0.15, 0.2) is 18.6 Å². The quantitative estimate of drug-likeness (QED) is 0.575. The second-order valence-electron chi connectivity index (χ2n) is 5.71. The average molecular weight is 364 g/mol. The minimum Gasteiger partial charge on any atom is -0.458 e. The first kappa shape index (κ1) is 18.9. The zero-order valence-corrected chi connectivity index (χ0v) is 15.8. The van der Waals surface area contributed by atoms with Crippen molar-refractivity contribution >= 4 is 29.0 Å². The molecule has 0 atom stereocenters. The molecule has 0 amide bonds. The second kappa shape index (κ2) is 8.61. The van der Waals surface area contributed by atoms with E-state index in [0.717, 1.165) is 12.1 Å². The number of hydrogen-bond donors (Lipinski definition) is 2. The molecule has 25 heavy (non-hydrogen) atoms. The first-order valence-electron chi connectivity index (χ1n) is 8.27. The van der Waals surface area contributed by atoms with Crippen molar-refractivity contribution in [2.75, 3.05) is 5.32 Å². The fraction of sp³-hybridized carbons (Fsp3) is 0.500. The molecule has 0 unspecified atom stereocenters. The number of aryl methyl sites for hydroxylation is 2. The number of aromatic nitrogens is 4. The predicted molar refractivity (Wildman–Crippen MR) is 99.4 cm³/mol. The van der Waals surface area contributed by atoms with Crippen molar-refractivity contribution in [2.24, 2.45) is 0 Å². The molecule has 136 valence electrons. The summed E-state index contributed by atoms with van der Waals surface area (Å²) in [6.07, 6.45) is 5.27. The van der Waals surface area contributed by atoms with E-state index in [1.54, 1.807) is 30.9 Å². The summed E-state index contributed by atoms with van der Waals surface area (Å²) in [5, 5.41) is 15.0. The number of esters is 1. The lowest BCUT2D eigenvalue weighted by molar-refractivity contribution is 0.0371. The molecule has 0 radical (unpaired) electrons. The normalized spacial score (nSPS) is 10.8. The van der Waals surface area contributed by atoms with E-state index < -0.39 is 5.97 Å². The third kappa shape index (κ3) is 5.28. The summed E-state index contributed by atoms with van der Waals surface area (Å²) in [4.78, 5) is 12.2. The number of nitrogens with zero attached hydrogens (tertiary/aromatic N) is 4. The van der Waals surface area contributed by atoms with Gasteiger partial charge in [-0.15, -0.1) is 0 Å². The van der Waals surface area contributed by atoms with Gasteiger partial charge in [0.05, 0.1) is 18.0 Å². The zero-order valence-electron chi connectivity index (χ0n) is 14.9. The summed E-state index contributed by atoms with van der Waals surface area (Å²) >= 11 is 5.31. The molecule has 2 aromatic rings. The van der Waals surface area contributed by atoms with Crippen molar-refractivity contribution in [1.29, 1.82) is 0 Å². The van der Waals surface area contributed by atoms with Gasteiger partial charge in [0.25, 0.3) is 0 Å². The summed E-state index contributed by atoms with van der Waals surface area (Å²) < 4.78 is 8.74. The van der Waals surface area contributed by atoms with Crippen molar-refractivity contribution in [2.45, 2.75) is 53.4 Å². The predicted octanol–water partition coefficient (Wildman–Crippen LogP) is 2.17. The van der Waals surface area contributed by atoms with Crippen molar-refractivity contribution < 1.29 is 9.53 Å². The molecule has 2 N–H and O–H groups in total. The largest absolute Gasteiger partial charge is 0.458 e. The molecule has 0 saturated carbocycles. The lowest BCUT2D eigenvalue weighted by Crippen LogP contribution is -2.28. The number of carbonyl (C=O) groups excluding carboxylic acids is 1. The van der Waals surface area contributed by atoms with Crippen LogP contribution in [0.25, 0.3) is 0 Å². The van der Waals surface area contributed by atoms with E-state index in [2.05, 4.69) is 20.8 Å². The fourth-order valence-corrected chi connectivity index (χ4v) is 2.30. The van der Waals surface area contributed by atoms with Crippen molar-refractivity contribution in [3.05, 3.63) is 29.8 Å². The van der Waals surface area contributed by atoms with Crippen LogP contribution in [0.1, 0.15) is 43.7 Å². The van der Waals surface area contributed by atoms with Gasteiger partial charge in [-0.2, -0.15) is 10.2 Å². The Morgan fingerprint density at radius 2 is 2.00 bits per heavy atom. The lowest BCUT2D eigenvalue weighted by Gasteiger charge is -2.10. The van der Waals surface area contributed by atoms with Gasteiger partial charge in [-0.25, -0.2) is 4.79 Å². The summed E-state index contributed by atoms with van der Waals surface area (Å²) in [6.45, 7) is 9.56. The van der Waals surface area contributed by atoms with Gasteiger partial charge in [-0.1, -0.05) is 0 Å². The first-order chi connectivity index (χ1) is 11.9. The standard InChI is InChI=1S/C16H24N6O2S/c1-5-21-9-12(8-18-21)7-17-16(25)19-13-10-22(6-2)20-14(13)15(23)24-11(3)4/h8-11H,5-7H2,1-4H3,(H2,17,19,25). The summed E-state index contributed by atoms with van der Waals surface area (Å²) in [5.41, 5.74) is 1.77. The van der Waals surface area contributed by atoms with E-state index >= 15 is 0 Å². The third-order valence-electron chi connectivity index (χ3n) is 3.33. The molecular weight excluding hydrogens is 340 g/mol. The molecule has 0 spiro atoms. The van der Waals surface area contributed by atoms with E-state index in [0.29, 0.717) is 23.9 Å². The highest BCUT2D eigenvalue weighted by atomic mass is 32.1. The van der Waals surface area contributed by atoms with Crippen LogP contribution in [-0.2, 0) is 24.4 Å². The second-order valence-corrected chi connectivity index (χ2v) is 6.12. The molecule has 0 aliphatic rings. The number of thiocarbonyl (C=S) groups is 1. The smallest absolute Gasteiger partial charge is 0.361 e. The Bertz CT molecular complexity index is 737. The Kier molecular flexibility index (Phi) is 6.51. The van der Waals surface area contributed by atoms with Gasteiger partial charge < -0.3 is 15.4 Å². The summed E-state index contributed by atoms with van der Waals surface area (Å²) in [7, 11) is 0. The molecule has 2 aromatic heterocycles. The molecule has 0 bridgehead atoms. The van der Waals surface area contributed by atoms with E-state index in [9.17, 15) is 4.79 Å². The maximum absolute atomic E-state index is 12.2. The topological polar surface area (TPSA) is 86.0 Å². The Morgan fingerprint density at radius 1 is 1.28 bits per heavy atom. The van der Waals surface area contributed by atoms with Crippen LogP contribution in [0.5, 0.6) is 0 Å². The summed E-state index contributed by atoms with van der Waals surface area (Å²) in [6, 6.07) is 0. The SMILES string of the molecule is CCn1cc(CNC(=S)Nc2cn(CC)nc2C(=O)OC(C)C)cn1. The van der Waals surface area contributed by atoms with Crippen LogP contribution < -0.4 is 10.6 Å². The molecule has 8 nitrogen and oxygen atoms in total. The number of carbonyl (C=O) groups is 1. The molecule has 0 aromatic carbocycles. The van der Waals surface area contributed by atoms with Gasteiger partial charge in [-0.05, 0) is 39.9 Å². The van der Waals surface area contributed by atoms with Crippen LogP contribution in [0.3, 0.4) is 0 Å². The van der Waals surface area contributed by atoms with Crippen LogP contribution >= 0.6 is 12.2 Å². The van der Waals surface area contributed by atoms with Gasteiger partial charge in [0.15, 0.2) is 10.8 Å². The fourth-order valence-electron chi connectivity index (χ4n) is 2.11. The number of rotatable bonds is 7. The average Bonchev–Trinajstić information content (AvgIpc) is 3.18. The number of hydrogen-bond acceptors (Lipinski definition) is 5. The minimum absolute atomic E-state index is 0.215. The van der Waals surface area contributed by atoms with Gasteiger partial charge in [0, 0.05) is 37.6 Å². The maximum Gasteiger partial charge on any atom is 0.361 e. The molecule has 0 fully saturated rings. The Balaban J connectivity index is 2.01. The summed E-state index contributed by atoms with van der Waals surface area (Å²) in [5.74, 6) is -0.475. The van der Waals surface area contributed by atoms with Crippen LogP contribution in [-0.4, -0.2) is 36.7 Å². The van der Waals surface area contributed by atoms with Crippen molar-refractivity contribution in [3.63, 3.8) is 0 Å². The molecule has 2 heterocycles. The van der Waals surface area contributed by atoms with Gasteiger partial charge in [0.2, 0.25) is 0 Å². The van der Waals surface area contributed by atoms with E-state index in [1.807, 2.05) is 24.7 Å². The van der Waals surface area contributed by atoms with E-state index in [1.165, 1.54) is 0 Å². The number of ether oxygens (including phenoxy) is 1. The Labute approximate surface area is 152 Å². The van der Waals surface area contributed by atoms with Crippen molar-refractivity contribution in [3.8, 4) is 0 Å². The number of anilines is 1. The monoisotopic (exact) mass is 364 g/mol. The van der Waals surface area contributed by atoms with Gasteiger partial charge in [0.1, 0.15) is 0 Å². The molecule has 0 aliphatic heterocycles. The van der Waals surface area contributed by atoms with Gasteiger partial charge in [-0.3, -0.25) is 9.36 Å². The molecular formula is C16H24N6O2S. The van der Waals surface area contributed by atoms with Crippen molar-refractivity contribution in [1.82, 2.24) is 24.9 Å². The highest BCUT2D eigenvalue weighted by Gasteiger charge is 2.20. The molecule has 2 rings (SSSR count). The minimum atomic E-state index is -0.475. The lowest BCUT2D eigenvalue weighted by atomic mass is 10.3. The van der Waals surface area contributed by atoms with Crippen LogP contribution in [0, 0.1) is 0 Å². The highest BCUT2D eigenvalue weighted by molar-refractivity contribution is 7.80. The Hall–Kier alpha value is -2.42. The zero-order chi connectivity index (χ0) is 18.4. The molecule has 0 aliphatic carbocycles. The highest BCUT2D eigenvalue weighted by Crippen LogP contribution is 2.16. The Morgan fingerprint density at radius 3 is 2.60 bits per heavy atom. The van der Waals surface area contributed by atoms with E-state index in [4.69, 9.17) is 17.0 Å². The number of nitrogens with one attached hydrogen (secondary N) is 2. The molecule has 9 heteroatoms. The van der Waals surface area contributed by atoms with Crippen LogP contribution in [0.2, 0.25) is 0 Å². The van der Waals surface area contributed by atoms with Gasteiger partial charge >= 0.3 is 5.97 Å².